The summed E-state index contributed by atoms with van der Waals surface area (Å²) >= 11 is 0. The molecule has 140 valence electrons. The molecule has 2 rings (SSSR count). The molecular weight excluding hydrogens is 332 g/mol. The fourth-order valence-corrected chi connectivity index (χ4v) is 1.84. The number of aryl methyl sites for hydroxylation is 1. The van der Waals surface area contributed by atoms with Crippen molar-refractivity contribution in [2.75, 3.05) is 13.2 Å². The van der Waals surface area contributed by atoms with E-state index >= 15 is 0 Å². The Balaban J connectivity index is 0.000000260. The Morgan fingerprint density at radius 1 is 0.769 bits per heavy atom. The Morgan fingerprint density at radius 2 is 1.15 bits per heavy atom. The Morgan fingerprint density at radius 3 is 1.54 bits per heavy atom. The van der Waals surface area contributed by atoms with Crippen molar-refractivity contribution in [3.63, 3.8) is 0 Å². The molecule has 0 spiro atoms. The van der Waals surface area contributed by atoms with E-state index in [0.29, 0.717) is 24.3 Å². The molecule has 0 fully saturated rings. The number of carbonyl (C=O) groups is 2. The van der Waals surface area contributed by atoms with E-state index in [9.17, 15) is 9.59 Å². The van der Waals surface area contributed by atoms with E-state index in [2.05, 4.69) is 0 Å². The second-order valence-electron chi connectivity index (χ2n) is 5.68. The lowest BCUT2D eigenvalue weighted by Crippen LogP contribution is -2.05. The van der Waals surface area contributed by atoms with Crippen LogP contribution in [0.1, 0.15) is 53.0 Å². The summed E-state index contributed by atoms with van der Waals surface area (Å²) in [5.74, 6) is -0.434. The van der Waals surface area contributed by atoms with E-state index in [1.54, 1.807) is 12.1 Å². The number of benzene rings is 2. The van der Waals surface area contributed by atoms with E-state index < -0.39 is 0 Å². The first kappa shape index (κ1) is 21.2. The molecule has 2 aromatic rings. The SMILES string of the molecule is CCCOC(=O)c1ccc(C)cc1.CCCOC(=O)c1ccc(O)cc1. The van der Waals surface area contributed by atoms with Gasteiger partial charge in [0.2, 0.25) is 0 Å². The molecule has 0 atom stereocenters. The molecule has 1 N–H and O–H groups in total. The van der Waals surface area contributed by atoms with Gasteiger partial charge in [-0.3, -0.25) is 0 Å². The minimum atomic E-state index is -0.346. The first-order valence-corrected chi connectivity index (χ1v) is 8.67. The molecule has 0 aliphatic rings. The highest BCUT2D eigenvalue weighted by Crippen LogP contribution is 2.10. The quantitative estimate of drug-likeness (QED) is 0.769. The minimum Gasteiger partial charge on any atom is -0.508 e. The first-order valence-electron chi connectivity index (χ1n) is 8.67. The molecule has 0 aromatic heterocycles. The lowest BCUT2D eigenvalue weighted by atomic mass is 10.1. The molecule has 0 amide bonds. The normalized spacial score (nSPS) is 9.65. The van der Waals surface area contributed by atoms with Crippen molar-refractivity contribution in [3.05, 3.63) is 65.2 Å². The molecule has 0 saturated carbocycles. The van der Waals surface area contributed by atoms with Gasteiger partial charge in [0.05, 0.1) is 24.3 Å². The largest absolute Gasteiger partial charge is 0.508 e. The van der Waals surface area contributed by atoms with Gasteiger partial charge in [-0.15, -0.1) is 0 Å². The van der Waals surface area contributed by atoms with E-state index in [0.717, 1.165) is 18.4 Å². The molecule has 0 heterocycles. The van der Waals surface area contributed by atoms with Crippen molar-refractivity contribution in [3.8, 4) is 5.75 Å². The number of hydrogen-bond acceptors (Lipinski definition) is 5. The van der Waals surface area contributed by atoms with Crippen LogP contribution >= 0.6 is 0 Å². The highest BCUT2D eigenvalue weighted by atomic mass is 16.5. The zero-order chi connectivity index (χ0) is 19.4. The van der Waals surface area contributed by atoms with Crippen LogP contribution in [0, 0.1) is 6.92 Å². The monoisotopic (exact) mass is 358 g/mol. The second kappa shape index (κ2) is 11.7. The van der Waals surface area contributed by atoms with Crippen molar-refractivity contribution >= 4 is 11.9 Å². The molecule has 5 heteroatoms. The first-order chi connectivity index (χ1) is 12.5. The molecule has 26 heavy (non-hydrogen) atoms. The summed E-state index contributed by atoms with van der Waals surface area (Å²) in [6.45, 7) is 6.82. The number of phenols is 1. The van der Waals surface area contributed by atoms with E-state index in [4.69, 9.17) is 14.6 Å². The zero-order valence-corrected chi connectivity index (χ0v) is 15.5. The summed E-state index contributed by atoms with van der Waals surface area (Å²) in [4.78, 5) is 22.5. The molecule has 0 unspecified atom stereocenters. The highest BCUT2D eigenvalue weighted by molar-refractivity contribution is 5.89. The molecule has 5 nitrogen and oxygen atoms in total. The molecule has 0 radical (unpaired) electrons. The van der Waals surface area contributed by atoms with Crippen LogP contribution in [0.5, 0.6) is 5.75 Å². The smallest absolute Gasteiger partial charge is 0.338 e. The third-order valence-corrected chi connectivity index (χ3v) is 3.26. The number of esters is 2. The summed E-state index contributed by atoms with van der Waals surface area (Å²) < 4.78 is 9.87. The van der Waals surface area contributed by atoms with E-state index in [1.165, 1.54) is 24.3 Å². The predicted molar refractivity (Wildman–Crippen MR) is 100 cm³/mol. The van der Waals surface area contributed by atoms with Crippen LogP contribution in [-0.4, -0.2) is 30.3 Å². The average Bonchev–Trinajstić information content (AvgIpc) is 2.66. The third kappa shape index (κ3) is 7.83. The number of ether oxygens (including phenoxy) is 2. The van der Waals surface area contributed by atoms with Crippen molar-refractivity contribution in [2.45, 2.75) is 33.6 Å². The molecule has 0 bridgehead atoms. The summed E-state index contributed by atoms with van der Waals surface area (Å²) in [6.07, 6.45) is 1.67. The van der Waals surface area contributed by atoms with Crippen LogP contribution in [0.4, 0.5) is 0 Å². The standard InChI is InChI=1S/C11H14O2.C10H12O3/c1-3-8-13-11(12)10-6-4-9(2)5-7-10;1-2-7-13-10(12)8-3-5-9(11)6-4-8/h4-7H,3,8H2,1-2H3;3-6,11H,2,7H2,1H3. The van der Waals surface area contributed by atoms with E-state index in [1.807, 2.05) is 32.9 Å². The number of rotatable bonds is 6. The van der Waals surface area contributed by atoms with Crippen molar-refractivity contribution < 1.29 is 24.2 Å². The van der Waals surface area contributed by atoms with Gasteiger partial charge < -0.3 is 14.6 Å². The molecule has 0 saturated heterocycles. The third-order valence-electron chi connectivity index (χ3n) is 3.26. The number of hydrogen-bond donors (Lipinski definition) is 1. The maximum Gasteiger partial charge on any atom is 0.338 e. The van der Waals surface area contributed by atoms with Crippen molar-refractivity contribution in [1.82, 2.24) is 0 Å². The summed E-state index contributed by atoms with van der Waals surface area (Å²) in [7, 11) is 0. The van der Waals surface area contributed by atoms with Crippen LogP contribution in [0.2, 0.25) is 0 Å². The van der Waals surface area contributed by atoms with Gasteiger partial charge in [-0.2, -0.15) is 0 Å². The predicted octanol–water partition coefficient (Wildman–Crippen LogP) is 4.52. The number of carbonyl (C=O) groups excluding carboxylic acids is 2. The van der Waals surface area contributed by atoms with Crippen molar-refractivity contribution in [2.24, 2.45) is 0 Å². The second-order valence-corrected chi connectivity index (χ2v) is 5.68. The fraction of sp³-hybridized carbons (Fsp3) is 0.333. The van der Waals surface area contributed by atoms with Gasteiger partial charge in [-0.25, -0.2) is 9.59 Å². The number of phenolic OH excluding ortho intramolecular Hbond substituents is 1. The van der Waals surface area contributed by atoms with Crippen LogP contribution in [0.25, 0.3) is 0 Å². The zero-order valence-electron chi connectivity index (χ0n) is 15.5. The van der Waals surface area contributed by atoms with Crippen LogP contribution in [0.3, 0.4) is 0 Å². The summed E-state index contributed by atoms with van der Waals surface area (Å²) in [6, 6.07) is 13.4. The maximum atomic E-state index is 11.3. The van der Waals surface area contributed by atoms with Crippen LogP contribution in [-0.2, 0) is 9.47 Å². The van der Waals surface area contributed by atoms with Gasteiger partial charge in [0.25, 0.3) is 0 Å². The lowest BCUT2D eigenvalue weighted by Gasteiger charge is -2.02. The van der Waals surface area contributed by atoms with E-state index in [-0.39, 0.29) is 17.7 Å². The fourth-order valence-electron chi connectivity index (χ4n) is 1.84. The Labute approximate surface area is 154 Å². The highest BCUT2D eigenvalue weighted by Gasteiger charge is 2.05. The Bertz CT molecular complexity index is 613. The van der Waals surface area contributed by atoms with Gasteiger partial charge in [-0.05, 0) is 56.2 Å². The molecular formula is C21H26O5. The minimum absolute atomic E-state index is 0.145. The Kier molecular flexibility index (Phi) is 9.54. The topological polar surface area (TPSA) is 72.8 Å². The molecule has 0 aliphatic carbocycles. The average molecular weight is 358 g/mol. The van der Waals surface area contributed by atoms with Crippen LogP contribution in [0.15, 0.2) is 48.5 Å². The maximum absolute atomic E-state index is 11.3. The molecule has 2 aromatic carbocycles. The van der Waals surface area contributed by atoms with Gasteiger partial charge in [0, 0.05) is 0 Å². The van der Waals surface area contributed by atoms with Gasteiger partial charge in [-0.1, -0.05) is 31.5 Å². The summed E-state index contributed by atoms with van der Waals surface area (Å²) in [5, 5.41) is 8.96. The van der Waals surface area contributed by atoms with Crippen molar-refractivity contribution in [1.29, 1.82) is 0 Å². The molecule has 0 aliphatic heterocycles. The van der Waals surface area contributed by atoms with Gasteiger partial charge in [0.15, 0.2) is 0 Å². The summed E-state index contributed by atoms with van der Waals surface area (Å²) in [5.41, 5.74) is 2.23. The van der Waals surface area contributed by atoms with Gasteiger partial charge in [0.1, 0.15) is 5.75 Å². The van der Waals surface area contributed by atoms with Gasteiger partial charge >= 0.3 is 11.9 Å². The number of aromatic hydroxyl groups is 1. The van der Waals surface area contributed by atoms with Crippen LogP contribution < -0.4 is 0 Å². The Hall–Kier alpha value is -2.82. The lowest BCUT2D eigenvalue weighted by molar-refractivity contribution is 0.0496.